The zero-order valence-corrected chi connectivity index (χ0v) is 14.3. The third-order valence-electron chi connectivity index (χ3n) is 3.74. The van der Waals surface area contributed by atoms with Crippen molar-refractivity contribution in [3.63, 3.8) is 0 Å². The number of fused-ring (bicyclic) bond motifs is 1. The Morgan fingerprint density at radius 3 is 2.78 bits per heavy atom. The van der Waals surface area contributed by atoms with Crippen LogP contribution >= 0.6 is 0 Å². The molecule has 0 spiro atoms. The predicted octanol–water partition coefficient (Wildman–Crippen LogP) is 4.13. The zero-order chi connectivity index (χ0) is 19.6. The number of nitrogens with zero attached hydrogens (tertiary/aromatic N) is 2. The Morgan fingerprint density at radius 2 is 2.07 bits per heavy atom. The highest BCUT2D eigenvalue weighted by atomic mass is 19.4. The fourth-order valence-corrected chi connectivity index (χ4v) is 2.49. The Balaban J connectivity index is 1.72. The molecule has 1 atom stereocenters. The minimum atomic E-state index is -4.68. The highest BCUT2D eigenvalue weighted by Gasteiger charge is 2.37. The summed E-state index contributed by atoms with van der Waals surface area (Å²) in [5, 5.41) is 5.27. The van der Waals surface area contributed by atoms with Crippen LogP contribution < -0.4 is 15.4 Å². The molecule has 0 saturated heterocycles. The molecule has 27 heavy (non-hydrogen) atoms. The number of nitrogens with one attached hydrogen (secondary N) is 2. The van der Waals surface area contributed by atoms with Gasteiger partial charge in [0.1, 0.15) is 11.3 Å². The SMILES string of the molecule is COc1cnccc1[C@@H](C)NC(=O)Nc1ccc2oc(C(F)(F)F)nc2c1. The van der Waals surface area contributed by atoms with E-state index in [0.29, 0.717) is 5.75 Å². The molecule has 0 unspecified atom stereocenters. The van der Waals surface area contributed by atoms with Crippen molar-refractivity contribution in [3.05, 3.63) is 48.1 Å². The van der Waals surface area contributed by atoms with Crippen molar-refractivity contribution in [3.8, 4) is 5.75 Å². The number of carbonyl (C=O) groups excluding carboxylic acids is 1. The van der Waals surface area contributed by atoms with Crippen LogP contribution in [0.1, 0.15) is 24.4 Å². The number of halogens is 3. The van der Waals surface area contributed by atoms with E-state index in [0.717, 1.165) is 5.56 Å². The minimum Gasteiger partial charge on any atom is -0.495 e. The second kappa shape index (κ2) is 7.14. The van der Waals surface area contributed by atoms with Crippen molar-refractivity contribution in [1.82, 2.24) is 15.3 Å². The van der Waals surface area contributed by atoms with Gasteiger partial charge < -0.3 is 19.8 Å². The van der Waals surface area contributed by atoms with Gasteiger partial charge in [-0.1, -0.05) is 0 Å². The first kappa shape index (κ1) is 18.5. The van der Waals surface area contributed by atoms with E-state index in [1.54, 1.807) is 19.2 Å². The molecule has 10 heteroatoms. The highest BCUT2D eigenvalue weighted by molar-refractivity contribution is 5.91. The number of carbonyl (C=O) groups is 1. The van der Waals surface area contributed by atoms with Crippen molar-refractivity contribution in [2.24, 2.45) is 0 Å². The number of amides is 2. The predicted molar refractivity (Wildman–Crippen MR) is 90.4 cm³/mol. The van der Waals surface area contributed by atoms with Gasteiger partial charge in [0.15, 0.2) is 5.58 Å². The van der Waals surface area contributed by atoms with Crippen molar-refractivity contribution < 1.29 is 27.1 Å². The van der Waals surface area contributed by atoms with Crippen LogP contribution in [-0.4, -0.2) is 23.1 Å². The van der Waals surface area contributed by atoms with Gasteiger partial charge in [0.2, 0.25) is 0 Å². The number of urea groups is 1. The van der Waals surface area contributed by atoms with Gasteiger partial charge in [-0.05, 0) is 31.2 Å². The molecule has 2 heterocycles. The standard InChI is InChI=1S/C17H15F3N4O3/c1-9(11-5-6-21-8-14(11)26-2)22-16(25)23-10-3-4-13-12(7-10)24-15(27-13)17(18,19)20/h3-9H,1-2H3,(H2,22,23,25)/t9-/m1/s1. The molecule has 0 aliphatic carbocycles. The van der Waals surface area contributed by atoms with Gasteiger partial charge in [0, 0.05) is 17.4 Å². The summed E-state index contributed by atoms with van der Waals surface area (Å²) in [4.78, 5) is 19.5. The van der Waals surface area contributed by atoms with Crippen LogP contribution in [-0.2, 0) is 6.18 Å². The number of benzene rings is 1. The van der Waals surface area contributed by atoms with E-state index in [9.17, 15) is 18.0 Å². The minimum absolute atomic E-state index is 0.0102. The number of hydrogen-bond donors (Lipinski definition) is 2. The molecule has 0 radical (unpaired) electrons. The Bertz CT molecular complexity index is 971. The first-order valence-electron chi connectivity index (χ1n) is 7.81. The molecule has 3 rings (SSSR count). The van der Waals surface area contributed by atoms with Crippen LogP contribution in [0.2, 0.25) is 0 Å². The van der Waals surface area contributed by atoms with Crippen LogP contribution in [0.4, 0.5) is 23.7 Å². The van der Waals surface area contributed by atoms with Gasteiger partial charge in [0.25, 0.3) is 0 Å². The fourth-order valence-electron chi connectivity index (χ4n) is 2.49. The third kappa shape index (κ3) is 4.10. The maximum Gasteiger partial charge on any atom is 0.468 e. The van der Waals surface area contributed by atoms with E-state index < -0.39 is 24.1 Å². The van der Waals surface area contributed by atoms with Gasteiger partial charge in [-0.2, -0.15) is 13.2 Å². The Hall–Kier alpha value is -3.30. The van der Waals surface area contributed by atoms with Crippen LogP contribution in [0, 0.1) is 0 Å². The van der Waals surface area contributed by atoms with Gasteiger partial charge >= 0.3 is 18.1 Å². The molecular weight excluding hydrogens is 365 g/mol. The summed E-state index contributed by atoms with van der Waals surface area (Å²) >= 11 is 0. The molecule has 0 fully saturated rings. The lowest BCUT2D eigenvalue weighted by atomic mass is 10.1. The maximum atomic E-state index is 12.7. The molecule has 1 aromatic carbocycles. The van der Waals surface area contributed by atoms with Crippen molar-refractivity contribution in [2.75, 3.05) is 12.4 Å². The normalized spacial score (nSPS) is 12.6. The lowest BCUT2D eigenvalue weighted by molar-refractivity contribution is -0.156. The topological polar surface area (TPSA) is 89.3 Å². The smallest absolute Gasteiger partial charge is 0.468 e. The Kier molecular flexibility index (Phi) is 4.89. The summed E-state index contributed by atoms with van der Waals surface area (Å²) in [5.74, 6) is -0.813. The van der Waals surface area contributed by atoms with E-state index in [1.807, 2.05) is 0 Å². The highest BCUT2D eigenvalue weighted by Crippen LogP contribution is 2.32. The average molecular weight is 380 g/mol. The van der Waals surface area contributed by atoms with Crippen LogP contribution in [0.25, 0.3) is 11.1 Å². The van der Waals surface area contributed by atoms with E-state index >= 15 is 0 Å². The quantitative estimate of drug-likeness (QED) is 0.710. The van der Waals surface area contributed by atoms with E-state index in [2.05, 4.69) is 25.0 Å². The van der Waals surface area contributed by atoms with Crippen LogP contribution in [0.5, 0.6) is 5.75 Å². The molecular formula is C17H15F3N4O3. The molecule has 0 bridgehead atoms. The molecule has 7 nitrogen and oxygen atoms in total. The number of hydrogen-bond acceptors (Lipinski definition) is 5. The number of pyridine rings is 1. The number of methoxy groups -OCH3 is 1. The molecule has 2 aromatic heterocycles. The summed E-state index contributed by atoms with van der Waals surface area (Å²) in [7, 11) is 1.50. The van der Waals surface area contributed by atoms with Gasteiger partial charge in [-0.3, -0.25) is 4.98 Å². The molecule has 0 saturated carbocycles. The number of ether oxygens (including phenoxy) is 1. The number of aromatic nitrogens is 2. The number of rotatable bonds is 4. The molecule has 0 aliphatic rings. The monoisotopic (exact) mass is 380 g/mol. The van der Waals surface area contributed by atoms with E-state index in [1.165, 1.54) is 31.5 Å². The summed E-state index contributed by atoms with van der Waals surface area (Å²) in [6.45, 7) is 1.76. The maximum absolute atomic E-state index is 12.7. The lowest BCUT2D eigenvalue weighted by Gasteiger charge is -2.17. The number of anilines is 1. The first-order valence-corrected chi connectivity index (χ1v) is 7.81. The second-order valence-electron chi connectivity index (χ2n) is 5.64. The fraction of sp³-hybridized carbons (Fsp3) is 0.235. The first-order chi connectivity index (χ1) is 12.8. The summed E-state index contributed by atoms with van der Waals surface area (Å²) in [6.07, 6.45) is -1.57. The summed E-state index contributed by atoms with van der Waals surface area (Å²) < 4.78 is 47.8. The van der Waals surface area contributed by atoms with E-state index in [-0.39, 0.29) is 16.8 Å². The Morgan fingerprint density at radius 1 is 1.30 bits per heavy atom. The van der Waals surface area contributed by atoms with Crippen LogP contribution in [0.15, 0.2) is 41.1 Å². The molecule has 2 N–H and O–H groups in total. The summed E-state index contributed by atoms with van der Waals surface area (Å²) in [5.41, 5.74) is 0.965. The molecule has 2 amide bonds. The van der Waals surface area contributed by atoms with Gasteiger partial charge in [-0.25, -0.2) is 9.78 Å². The molecule has 0 aliphatic heterocycles. The molecule has 3 aromatic rings. The van der Waals surface area contributed by atoms with Gasteiger partial charge in [-0.15, -0.1) is 0 Å². The number of alkyl halides is 3. The van der Waals surface area contributed by atoms with Crippen molar-refractivity contribution in [2.45, 2.75) is 19.1 Å². The van der Waals surface area contributed by atoms with E-state index in [4.69, 9.17) is 4.74 Å². The largest absolute Gasteiger partial charge is 0.495 e. The molecule has 142 valence electrons. The summed E-state index contributed by atoms with van der Waals surface area (Å²) in [6, 6.07) is 4.80. The Labute approximate surface area is 151 Å². The third-order valence-corrected chi connectivity index (χ3v) is 3.74. The lowest BCUT2D eigenvalue weighted by Crippen LogP contribution is -2.31. The number of oxazole rings is 1. The zero-order valence-electron chi connectivity index (χ0n) is 14.3. The van der Waals surface area contributed by atoms with Gasteiger partial charge in [0.05, 0.1) is 19.3 Å². The average Bonchev–Trinajstić information content (AvgIpc) is 3.05. The van der Waals surface area contributed by atoms with Crippen molar-refractivity contribution in [1.29, 1.82) is 0 Å². The van der Waals surface area contributed by atoms with Crippen LogP contribution in [0.3, 0.4) is 0 Å². The van der Waals surface area contributed by atoms with Crippen molar-refractivity contribution >= 4 is 22.8 Å². The second-order valence-corrected chi connectivity index (χ2v) is 5.64.